The molecule has 1 amide bonds. The van der Waals surface area contributed by atoms with Crippen LogP contribution in [0.5, 0.6) is 5.75 Å². The summed E-state index contributed by atoms with van der Waals surface area (Å²) in [5, 5.41) is 2.95. The van der Waals surface area contributed by atoms with E-state index in [0.29, 0.717) is 0 Å². The monoisotopic (exact) mass is 283 g/mol. The molecule has 2 aromatic rings. The second-order valence-electron chi connectivity index (χ2n) is 5.28. The molecule has 21 heavy (non-hydrogen) atoms. The molecule has 0 saturated heterocycles. The molecule has 0 heterocycles. The van der Waals surface area contributed by atoms with Crippen molar-refractivity contribution in [1.29, 1.82) is 0 Å². The van der Waals surface area contributed by atoms with Crippen LogP contribution >= 0.6 is 0 Å². The molecule has 1 N–H and O–H groups in total. The summed E-state index contributed by atoms with van der Waals surface area (Å²) in [5.74, 6) is 0.595. The third-order valence-electron chi connectivity index (χ3n) is 3.50. The van der Waals surface area contributed by atoms with Crippen molar-refractivity contribution in [2.75, 3.05) is 5.32 Å². The van der Waals surface area contributed by atoms with E-state index in [1.807, 2.05) is 63.2 Å². The first kappa shape index (κ1) is 15.1. The quantitative estimate of drug-likeness (QED) is 0.920. The van der Waals surface area contributed by atoms with E-state index in [9.17, 15) is 4.79 Å². The van der Waals surface area contributed by atoms with Crippen molar-refractivity contribution in [1.82, 2.24) is 0 Å². The van der Waals surface area contributed by atoms with E-state index >= 15 is 0 Å². The molecule has 0 aliphatic carbocycles. The molecule has 3 heteroatoms. The fraction of sp³-hybridized carbons (Fsp3) is 0.278. The lowest BCUT2D eigenvalue weighted by Crippen LogP contribution is -2.30. The predicted molar refractivity (Wildman–Crippen MR) is 85.8 cm³/mol. The molecule has 0 spiro atoms. The number of hydrogen-bond acceptors (Lipinski definition) is 2. The summed E-state index contributed by atoms with van der Waals surface area (Å²) in [6, 6.07) is 13.6. The topological polar surface area (TPSA) is 38.3 Å². The number of nitrogens with one attached hydrogen (secondary N) is 1. The van der Waals surface area contributed by atoms with E-state index in [4.69, 9.17) is 4.74 Å². The first-order valence-electron chi connectivity index (χ1n) is 7.08. The SMILES string of the molecule is Cc1ccccc1OC(C)C(=O)Nc1c(C)cccc1C. The smallest absolute Gasteiger partial charge is 0.265 e. The van der Waals surface area contributed by atoms with Crippen LogP contribution in [-0.2, 0) is 4.79 Å². The van der Waals surface area contributed by atoms with Gasteiger partial charge < -0.3 is 10.1 Å². The average Bonchev–Trinajstić information content (AvgIpc) is 2.45. The van der Waals surface area contributed by atoms with Crippen LogP contribution in [0.2, 0.25) is 0 Å². The molecule has 0 bridgehead atoms. The molecule has 110 valence electrons. The van der Waals surface area contributed by atoms with E-state index in [-0.39, 0.29) is 5.91 Å². The van der Waals surface area contributed by atoms with Gasteiger partial charge >= 0.3 is 0 Å². The number of ether oxygens (including phenoxy) is 1. The van der Waals surface area contributed by atoms with Crippen molar-refractivity contribution in [3.63, 3.8) is 0 Å². The number of anilines is 1. The number of carbonyl (C=O) groups excluding carboxylic acids is 1. The number of para-hydroxylation sites is 2. The third kappa shape index (κ3) is 3.63. The Kier molecular flexibility index (Phi) is 4.63. The van der Waals surface area contributed by atoms with Gasteiger partial charge in [0, 0.05) is 5.69 Å². The minimum atomic E-state index is -0.551. The summed E-state index contributed by atoms with van der Waals surface area (Å²) in [4.78, 5) is 12.3. The molecule has 0 radical (unpaired) electrons. The molecule has 2 rings (SSSR count). The number of rotatable bonds is 4. The summed E-state index contributed by atoms with van der Waals surface area (Å²) in [6.07, 6.45) is -0.551. The highest BCUT2D eigenvalue weighted by molar-refractivity contribution is 5.95. The van der Waals surface area contributed by atoms with Crippen molar-refractivity contribution in [2.24, 2.45) is 0 Å². The van der Waals surface area contributed by atoms with Gasteiger partial charge in [-0.05, 0) is 50.5 Å². The van der Waals surface area contributed by atoms with Gasteiger partial charge in [-0.25, -0.2) is 0 Å². The molecule has 0 fully saturated rings. The Morgan fingerprint density at radius 2 is 1.52 bits per heavy atom. The zero-order valence-corrected chi connectivity index (χ0v) is 12.9. The Bertz CT molecular complexity index is 629. The number of aryl methyl sites for hydroxylation is 3. The molecule has 0 saturated carbocycles. The lowest BCUT2D eigenvalue weighted by Gasteiger charge is -2.18. The van der Waals surface area contributed by atoms with Gasteiger partial charge in [0.15, 0.2) is 6.10 Å². The number of hydrogen-bond donors (Lipinski definition) is 1. The van der Waals surface area contributed by atoms with Crippen LogP contribution in [0.4, 0.5) is 5.69 Å². The zero-order valence-electron chi connectivity index (χ0n) is 12.9. The van der Waals surface area contributed by atoms with Crippen LogP contribution in [0.3, 0.4) is 0 Å². The maximum atomic E-state index is 12.3. The normalized spacial score (nSPS) is 11.8. The van der Waals surface area contributed by atoms with Crippen molar-refractivity contribution < 1.29 is 9.53 Å². The minimum absolute atomic E-state index is 0.143. The maximum Gasteiger partial charge on any atom is 0.265 e. The summed E-state index contributed by atoms with van der Waals surface area (Å²) in [7, 11) is 0. The molecule has 3 nitrogen and oxygen atoms in total. The maximum absolute atomic E-state index is 12.3. The first-order valence-corrected chi connectivity index (χ1v) is 7.08. The van der Waals surface area contributed by atoms with E-state index in [2.05, 4.69) is 5.32 Å². The lowest BCUT2D eigenvalue weighted by molar-refractivity contribution is -0.122. The minimum Gasteiger partial charge on any atom is -0.481 e. The highest BCUT2D eigenvalue weighted by Gasteiger charge is 2.17. The molecule has 1 unspecified atom stereocenters. The molecule has 0 aliphatic rings. The molecular weight excluding hydrogens is 262 g/mol. The second-order valence-corrected chi connectivity index (χ2v) is 5.28. The van der Waals surface area contributed by atoms with Crippen molar-refractivity contribution in [3.8, 4) is 5.75 Å². The molecule has 1 atom stereocenters. The van der Waals surface area contributed by atoms with Crippen molar-refractivity contribution in [3.05, 3.63) is 59.2 Å². The van der Waals surface area contributed by atoms with Gasteiger partial charge in [-0.15, -0.1) is 0 Å². The Morgan fingerprint density at radius 1 is 0.952 bits per heavy atom. The Morgan fingerprint density at radius 3 is 2.14 bits per heavy atom. The van der Waals surface area contributed by atoms with Crippen LogP contribution < -0.4 is 10.1 Å². The third-order valence-corrected chi connectivity index (χ3v) is 3.50. The Balaban J connectivity index is 2.08. The highest BCUT2D eigenvalue weighted by Crippen LogP contribution is 2.21. The fourth-order valence-corrected chi connectivity index (χ4v) is 2.17. The van der Waals surface area contributed by atoms with Crippen LogP contribution in [0.25, 0.3) is 0 Å². The van der Waals surface area contributed by atoms with Gasteiger partial charge in [0.1, 0.15) is 5.75 Å². The van der Waals surface area contributed by atoms with Crippen molar-refractivity contribution >= 4 is 11.6 Å². The van der Waals surface area contributed by atoms with Crippen LogP contribution in [0.15, 0.2) is 42.5 Å². The molecular formula is C18H21NO2. The largest absolute Gasteiger partial charge is 0.481 e. The van der Waals surface area contributed by atoms with Gasteiger partial charge in [-0.1, -0.05) is 36.4 Å². The summed E-state index contributed by atoms with van der Waals surface area (Å²) >= 11 is 0. The fourth-order valence-electron chi connectivity index (χ4n) is 2.17. The first-order chi connectivity index (χ1) is 9.99. The van der Waals surface area contributed by atoms with E-state index in [1.165, 1.54) is 0 Å². The van der Waals surface area contributed by atoms with Gasteiger partial charge in [0.25, 0.3) is 5.91 Å². The molecule has 0 aromatic heterocycles. The average molecular weight is 283 g/mol. The predicted octanol–water partition coefficient (Wildman–Crippen LogP) is 4.02. The Hall–Kier alpha value is -2.29. The summed E-state index contributed by atoms with van der Waals surface area (Å²) in [6.45, 7) is 7.69. The van der Waals surface area contributed by atoms with Crippen molar-refractivity contribution in [2.45, 2.75) is 33.8 Å². The van der Waals surface area contributed by atoms with Gasteiger partial charge in [0.05, 0.1) is 0 Å². The molecule has 2 aromatic carbocycles. The standard InChI is InChI=1S/C18H21NO2/c1-12-8-5-6-11-16(12)21-15(4)18(20)19-17-13(2)9-7-10-14(17)3/h5-11,15H,1-4H3,(H,19,20). The lowest BCUT2D eigenvalue weighted by atomic mass is 10.1. The summed E-state index contributed by atoms with van der Waals surface area (Å²) < 4.78 is 5.75. The van der Waals surface area contributed by atoms with Crippen LogP contribution in [-0.4, -0.2) is 12.0 Å². The van der Waals surface area contributed by atoms with E-state index < -0.39 is 6.10 Å². The highest BCUT2D eigenvalue weighted by atomic mass is 16.5. The zero-order chi connectivity index (χ0) is 15.4. The van der Waals surface area contributed by atoms with Crippen LogP contribution in [0.1, 0.15) is 23.6 Å². The van der Waals surface area contributed by atoms with Gasteiger partial charge in [-0.3, -0.25) is 4.79 Å². The number of carbonyl (C=O) groups is 1. The van der Waals surface area contributed by atoms with Gasteiger partial charge in [-0.2, -0.15) is 0 Å². The number of amides is 1. The van der Waals surface area contributed by atoms with E-state index in [1.54, 1.807) is 6.92 Å². The molecule has 0 aliphatic heterocycles. The second kappa shape index (κ2) is 6.44. The Labute approximate surface area is 126 Å². The number of benzene rings is 2. The summed E-state index contributed by atoms with van der Waals surface area (Å²) in [5.41, 5.74) is 3.98. The van der Waals surface area contributed by atoms with Crippen LogP contribution in [0, 0.1) is 20.8 Å². The van der Waals surface area contributed by atoms with E-state index in [0.717, 1.165) is 28.1 Å². The van der Waals surface area contributed by atoms with Gasteiger partial charge in [0.2, 0.25) is 0 Å².